The van der Waals surface area contributed by atoms with E-state index >= 15 is 0 Å². The SMILES string of the molecule is O.O.O.O.O.OC[C@@H]1O[C@](CO)(O[C@H]2O[C@H](CO[C@H]3O[C@H](CO)[C@H](O)[C@H](O)[C@H]3O)[C@@H](O)[C@H](O)[C@H]2O)[C@H](O)[C@H]1O. The maximum atomic E-state index is 10.3. The van der Waals surface area contributed by atoms with E-state index in [1.807, 2.05) is 0 Å². The van der Waals surface area contributed by atoms with Gasteiger partial charge >= 0.3 is 0 Å². The Morgan fingerprint density at radius 1 is 0.538 bits per heavy atom. The first kappa shape index (κ1) is 42.6. The summed E-state index contributed by atoms with van der Waals surface area (Å²) in [4.78, 5) is 0. The van der Waals surface area contributed by atoms with E-state index in [0.29, 0.717) is 0 Å². The highest BCUT2D eigenvalue weighted by Gasteiger charge is 2.58. The van der Waals surface area contributed by atoms with E-state index < -0.39 is 112 Å². The van der Waals surface area contributed by atoms with Gasteiger partial charge < -0.3 is 107 Å². The molecular weight excluding hydrogens is 552 g/mol. The first-order valence-corrected chi connectivity index (χ1v) is 10.6. The van der Waals surface area contributed by atoms with Crippen LogP contribution < -0.4 is 0 Å². The van der Waals surface area contributed by atoms with Gasteiger partial charge in [-0.05, 0) is 0 Å². The zero-order chi connectivity index (χ0) is 25.4. The van der Waals surface area contributed by atoms with Gasteiger partial charge in [0.05, 0.1) is 19.8 Å². The molecule has 21 nitrogen and oxygen atoms in total. The van der Waals surface area contributed by atoms with Gasteiger partial charge in [0.15, 0.2) is 12.6 Å². The molecule has 0 saturated carbocycles. The van der Waals surface area contributed by atoms with Gasteiger partial charge in [0.1, 0.15) is 73.8 Å². The van der Waals surface area contributed by atoms with Crippen LogP contribution >= 0.6 is 0 Å². The Kier molecular flexibility index (Phi) is 18.8. The van der Waals surface area contributed by atoms with Crippen molar-refractivity contribution in [3.8, 4) is 0 Å². The van der Waals surface area contributed by atoms with Crippen LogP contribution in [0.1, 0.15) is 0 Å². The van der Waals surface area contributed by atoms with Crippen molar-refractivity contribution < 1.29 is 107 Å². The molecule has 0 radical (unpaired) electrons. The number of hydrogen-bond acceptors (Lipinski definition) is 16. The van der Waals surface area contributed by atoms with E-state index in [1.165, 1.54) is 0 Å². The molecule has 3 heterocycles. The van der Waals surface area contributed by atoms with Gasteiger partial charge in [-0.15, -0.1) is 0 Å². The Morgan fingerprint density at radius 2 is 1.00 bits per heavy atom. The zero-order valence-corrected chi connectivity index (χ0v) is 20.3. The second-order valence-corrected chi connectivity index (χ2v) is 8.41. The fourth-order valence-electron chi connectivity index (χ4n) is 4.01. The summed E-state index contributed by atoms with van der Waals surface area (Å²) >= 11 is 0. The van der Waals surface area contributed by atoms with Crippen LogP contribution in [0.2, 0.25) is 0 Å². The highest BCUT2D eigenvalue weighted by molar-refractivity contribution is 4.98. The van der Waals surface area contributed by atoms with Crippen molar-refractivity contribution in [3.05, 3.63) is 0 Å². The summed E-state index contributed by atoms with van der Waals surface area (Å²) in [7, 11) is 0. The molecule has 14 atom stereocenters. The first-order chi connectivity index (χ1) is 16.0. The Morgan fingerprint density at radius 3 is 1.46 bits per heavy atom. The van der Waals surface area contributed by atoms with E-state index in [1.54, 1.807) is 0 Å². The minimum Gasteiger partial charge on any atom is -0.412 e. The normalized spacial score (nSPS) is 45.5. The van der Waals surface area contributed by atoms with Gasteiger partial charge in [0.25, 0.3) is 0 Å². The maximum absolute atomic E-state index is 10.3. The molecule has 3 rings (SSSR count). The van der Waals surface area contributed by atoms with Crippen LogP contribution in [0.3, 0.4) is 0 Å². The molecule has 3 fully saturated rings. The standard InChI is InChI=1S/C18H32O16.5H2O/c19-1-5-8(22)11(25)13(27)16(31-5)30-3-7-9(23)12(26)14(28)17(32-7)34-18(4-21)15(29)10(24)6(2-20)33-18;;;;;/h5-17,19-29H,1-4H2;5*1H2/t5-,6+,7-,8+,9-,10+,11+,12+,13-,14-,15-,16+,17-,18-;;;;;/m1...../s1. The molecule has 0 spiro atoms. The van der Waals surface area contributed by atoms with Crippen molar-refractivity contribution in [2.75, 3.05) is 26.4 Å². The minimum absolute atomic E-state index is 0. The molecule has 39 heavy (non-hydrogen) atoms. The summed E-state index contributed by atoms with van der Waals surface area (Å²) < 4.78 is 26.4. The van der Waals surface area contributed by atoms with Gasteiger partial charge in [-0.25, -0.2) is 0 Å². The van der Waals surface area contributed by atoms with Crippen LogP contribution in [0.15, 0.2) is 0 Å². The monoisotopic (exact) mass is 594 g/mol. The molecule has 0 aromatic carbocycles. The third-order valence-corrected chi connectivity index (χ3v) is 6.16. The molecular formula is C18H42O21. The van der Waals surface area contributed by atoms with Crippen LogP contribution in [-0.2, 0) is 23.7 Å². The quantitative estimate of drug-likeness (QED) is 0.124. The van der Waals surface area contributed by atoms with Crippen LogP contribution in [0, 0.1) is 0 Å². The van der Waals surface area contributed by atoms with Gasteiger partial charge in [0.2, 0.25) is 5.79 Å². The van der Waals surface area contributed by atoms with E-state index in [4.69, 9.17) is 23.7 Å². The average Bonchev–Trinajstić information content (AvgIpc) is 3.08. The number of hydrogen-bond donors (Lipinski definition) is 11. The summed E-state index contributed by atoms with van der Waals surface area (Å²) in [5.41, 5.74) is 0. The second-order valence-electron chi connectivity index (χ2n) is 8.41. The lowest BCUT2D eigenvalue weighted by Gasteiger charge is -2.44. The van der Waals surface area contributed by atoms with Gasteiger partial charge in [-0.2, -0.15) is 0 Å². The first-order valence-electron chi connectivity index (χ1n) is 10.6. The number of aliphatic hydroxyl groups is 11. The molecule has 3 aliphatic heterocycles. The predicted molar refractivity (Wildman–Crippen MR) is 119 cm³/mol. The summed E-state index contributed by atoms with van der Waals surface area (Å²) in [5.74, 6) is -2.36. The summed E-state index contributed by atoms with van der Waals surface area (Å²) in [6, 6.07) is 0. The van der Waals surface area contributed by atoms with Crippen molar-refractivity contribution in [2.24, 2.45) is 0 Å². The Balaban J connectivity index is -0.00000259. The third kappa shape index (κ3) is 8.13. The molecule has 21 heteroatoms. The molecule has 0 bridgehead atoms. The van der Waals surface area contributed by atoms with Crippen LogP contribution in [0.25, 0.3) is 0 Å². The van der Waals surface area contributed by atoms with Crippen molar-refractivity contribution in [3.63, 3.8) is 0 Å². The van der Waals surface area contributed by atoms with Crippen LogP contribution in [0.4, 0.5) is 0 Å². The molecule has 240 valence electrons. The maximum Gasteiger partial charge on any atom is 0.224 e. The summed E-state index contributed by atoms with van der Waals surface area (Å²) in [6.07, 6.45) is -21.8. The Hall–Kier alpha value is -0.840. The van der Waals surface area contributed by atoms with Crippen molar-refractivity contribution >= 4 is 0 Å². The third-order valence-electron chi connectivity index (χ3n) is 6.16. The summed E-state index contributed by atoms with van der Waals surface area (Å²) in [5, 5.41) is 109. The summed E-state index contributed by atoms with van der Waals surface area (Å²) in [6.45, 7) is -3.14. The topological polar surface area (TPSA) is 426 Å². The minimum atomic E-state index is -2.36. The molecule has 0 aromatic rings. The molecule has 3 saturated heterocycles. The number of aliphatic hydroxyl groups excluding tert-OH is 11. The molecule has 0 aromatic heterocycles. The lowest BCUT2D eigenvalue weighted by Crippen LogP contribution is -2.63. The molecule has 0 aliphatic carbocycles. The molecule has 0 amide bonds. The average molecular weight is 595 g/mol. The fourth-order valence-corrected chi connectivity index (χ4v) is 4.01. The lowest BCUT2D eigenvalue weighted by atomic mass is 9.98. The molecule has 21 N–H and O–H groups in total. The van der Waals surface area contributed by atoms with Crippen molar-refractivity contribution in [1.82, 2.24) is 0 Å². The Bertz CT molecular complexity index is 658. The van der Waals surface area contributed by atoms with Gasteiger partial charge in [-0.1, -0.05) is 0 Å². The Labute approximate surface area is 220 Å². The zero-order valence-electron chi connectivity index (χ0n) is 20.3. The van der Waals surface area contributed by atoms with Crippen LogP contribution in [-0.4, -0.2) is 195 Å². The van der Waals surface area contributed by atoms with Gasteiger partial charge in [0, 0.05) is 0 Å². The van der Waals surface area contributed by atoms with Crippen molar-refractivity contribution in [2.45, 2.75) is 85.5 Å². The van der Waals surface area contributed by atoms with E-state index in [2.05, 4.69) is 0 Å². The highest BCUT2D eigenvalue weighted by atomic mass is 16.8. The number of ether oxygens (including phenoxy) is 5. The van der Waals surface area contributed by atoms with E-state index in [-0.39, 0.29) is 27.4 Å². The lowest BCUT2D eigenvalue weighted by molar-refractivity contribution is -0.388. The van der Waals surface area contributed by atoms with Gasteiger partial charge in [-0.3, -0.25) is 0 Å². The van der Waals surface area contributed by atoms with Crippen LogP contribution in [0.5, 0.6) is 0 Å². The largest absolute Gasteiger partial charge is 0.412 e. The molecule has 3 aliphatic rings. The predicted octanol–water partition coefficient (Wildman–Crippen LogP) is -11.7. The number of rotatable bonds is 8. The molecule has 0 unspecified atom stereocenters. The fraction of sp³-hybridized carbons (Fsp3) is 1.00. The second kappa shape index (κ2) is 17.2. The van der Waals surface area contributed by atoms with Crippen molar-refractivity contribution in [1.29, 1.82) is 0 Å². The smallest absolute Gasteiger partial charge is 0.224 e. The van der Waals surface area contributed by atoms with E-state index in [9.17, 15) is 56.2 Å². The highest BCUT2D eigenvalue weighted by Crippen LogP contribution is 2.36. The van der Waals surface area contributed by atoms with E-state index in [0.717, 1.165) is 0 Å².